The Morgan fingerprint density at radius 2 is 1.47 bits per heavy atom. The molecule has 13 N–H and O–H groups in total. The second-order valence-corrected chi connectivity index (χ2v) is 8.83. The van der Waals surface area contributed by atoms with Crippen molar-refractivity contribution in [1.82, 2.24) is 16.0 Å². The maximum Gasteiger partial charge on any atom is 0.326 e. The average Bonchev–Trinajstić information content (AvgIpc) is 2.81. The molecule has 0 bridgehead atoms. The maximum absolute atomic E-state index is 13.1. The highest BCUT2D eigenvalue weighted by molar-refractivity contribution is 5.94. The zero-order chi connectivity index (χ0) is 27.8. The van der Waals surface area contributed by atoms with Gasteiger partial charge in [0.15, 0.2) is 5.96 Å². The number of guanidine groups is 1. The van der Waals surface area contributed by atoms with Crippen molar-refractivity contribution in [2.45, 2.75) is 89.6 Å². The van der Waals surface area contributed by atoms with Crippen molar-refractivity contribution in [2.24, 2.45) is 33.8 Å². The number of aliphatic hydroxyl groups is 1. The quantitative estimate of drug-likeness (QED) is 0.0523. The molecule has 0 rings (SSSR count). The number of aliphatic carboxylic acids is 1. The molecule has 0 fully saturated rings. The lowest BCUT2D eigenvalue weighted by atomic mass is 9.96. The number of carbonyl (C=O) groups is 4. The minimum Gasteiger partial charge on any atom is -0.480 e. The van der Waals surface area contributed by atoms with Crippen LogP contribution in [0.25, 0.3) is 0 Å². The third kappa shape index (κ3) is 12.7. The second kappa shape index (κ2) is 17.5. The van der Waals surface area contributed by atoms with Gasteiger partial charge >= 0.3 is 5.97 Å². The smallest absolute Gasteiger partial charge is 0.326 e. The van der Waals surface area contributed by atoms with Crippen molar-refractivity contribution >= 4 is 29.7 Å². The zero-order valence-electron chi connectivity index (χ0n) is 21.4. The van der Waals surface area contributed by atoms with Gasteiger partial charge in [-0.05, 0) is 51.5 Å². The summed E-state index contributed by atoms with van der Waals surface area (Å²) in [5, 5.41) is 26.7. The number of rotatable bonds is 18. The average molecular weight is 517 g/mol. The Labute approximate surface area is 212 Å². The highest BCUT2D eigenvalue weighted by atomic mass is 16.4. The van der Waals surface area contributed by atoms with Gasteiger partial charge in [0.1, 0.15) is 24.2 Å². The van der Waals surface area contributed by atoms with Crippen LogP contribution in [0.5, 0.6) is 0 Å². The number of aliphatic hydroxyl groups excluding tert-OH is 1. The van der Waals surface area contributed by atoms with E-state index >= 15 is 0 Å². The first-order valence-electron chi connectivity index (χ1n) is 12.2. The third-order valence-electron chi connectivity index (χ3n) is 5.76. The number of unbranched alkanes of at least 4 members (excludes halogenated alkanes) is 1. The van der Waals surface area contributed by atoms with E-state index in [0.717, 1.165) is 0 Å². The number of aliphatic imine (C=N–C) groups is 1. The minimum absolute atomic E-state index is 0.0774. The Morgan fingerprint density at radius 1 is 0.889 bits per heavy atom. The number of carboxylic acid groups (broad SMARTS) is 1. The fourth-order valence-electron chi connectivity index (χ4n) is 3.23. The highest BCUT2D eigenvalue weighted by Crippen LogP contribution is 2.11. The van der Waals surface area contributed by atoms with Crippen molar-refractivity contribution < 1.29 is 29.4 Å². The lowest BCUT2D eigenvalue weighted by molar-refractivity contribution is -0.143. The van der Waals surface area contributed by atoms with E-state index in [1.807, 2.05) is 6.92 Å². The molecule has 0 radical (unpaired) electrons. The number of carboxylic acids is 1. The first kappa shape index (κ1) is 33.0. The van der Waals surface area contributed by atoms with Crippen LogP contribution in [0.3, 0.4) is 0 Å². The molecule has 0 aliphatic heterocycles. The van der Waals surface area contributed by atoms with Crippen LogP contribution in [0.4, 0.5) is 0 Å². The summed E-state index contributed by atoms with van der Waals surface area (Å²) in [6.07, 6.45) is 1.14. The molecule has 36 heavy (non-hydrogen) atoms. The molecule has 0 saturated carbocycles. The summed E-state index contributed by atoms with van der Waals surface area (Å²) in [6.45, 7) is 5.51. The first-order chi connectivity index (χ1) is 16.8. The second-order valence-electron chi connectivity index (χ2n) is 8.83. The number of nitrogens with two attached hydrogens (primary N) is 4. The summed E-state index contributed by atoms with van der Waals surface area (Å²) in [5.41, 5.74) is 21.7. The molecule has 0 aromatic rings. The van der Waals surface area contributed by atoms with Crippen LogP contribution in [0.1, 0.15) is 59.3 Å². The predicted octanol–water partition coefficient (Wildman–Crippen LogP) is -2.54. The van der Waals surface area contributed by atoms with E-state index in [0.29, 0.717) is 32.2 Å². The van der Waals surface area contributed by atoms with Gasteiger partial charge in [-0.25, -0.2) is 4.79 Å². The van der Waals surface area contributed by atoms with Crippen LogP contribution in [0.15, 0.2) is 4.99 Å². The van der Waals surface area contributed by atoms with Gasteiger partial charge in [-0.15, -0.1) is 0 Å². The van der Waals surface area contributed by atoms with Crippen molar-refractivity contribution in [2.75, 3.05) is 13.1 Å². The van der Waals surface area contributed by atoms with Gasteiger partial charge < -0.3 is 49.1 Å². The summed E-state index contributed by atoms with van der Waals surface area (Å²) < 4.78 is 0. The Bertz CT molecular complexity index is 744. The molecule has 14 heteroatoms. The molecule has 0 aromatic carbocycles. The molecule has 208 valence electrons. The minimum atomic E-state index is -1.24. The van der Waals surface area contributed by atoms with E-state index in [4.69, 9.17) is 22.9 Å². The fraction of sp³-hybridized carbons (Fsp3) is 0.773. The maximum atomic E-state index is 13.1. The molecule has 0 aliphatic rings. The summed E-state index contributed by atoms with van der Waals surface area (Å²) in [7, 11) is 0. The van der Waals surface area contributed by atoms with Crippen molar-refractivity contribution in [1.29, 1.82) is 0 Å². The van der Waals surface area contributed by atoms with Gasteiger partial charge in [-0.2, -0.15) is 0 Å². The molecule has 0 aromatic heterocycles. The van der Waals surface area contributed by atoms with Crippen molar-refractivity contribution in [3.05, 3.63) is 0 Å². The van der Waals surface area contributed by atoms with Crippen LogP contribution >= 0.6 is 0 Å². The van der Waals surface area contributed by atoms with Gasteiger partial charge in [0.2, 0.25) is 17.7 Å². The lowest BCUT2D eigenvalue weighted by Crippen LogP contribution is -2.59. The van der Waals surface area contributed by atoms with Gasteiger partial charge in [-0.3, -0.25) is 19.4 Å². The fourth-order valence-corrected chi connectivity index (χ4v) is 3.23. The zero-order valence-corrected chi connectivity index (χ0v) is 21.4. The molecule has 0 saturated heterocycles. The molecule has 3 amide bonds. The van der Waals surface area contributed by atoms with Crippen LogP contribution in [-0.4, -0.2) is 83.2 Å². The Balaban J connectivity index is 5.52. The van der Waals surface area contributed by atoms with Crippen molar-refractivity contribution in [3.63, 3.8) is 0 Å². The van der Waals surface area contributed by atoms with Gasteiger partial charge in [0.25, 0.3) is 0 Å². The lowest BCUT2D eigenvalue weighted by Gasteiger charge is -2.28. The van der Waals surface area contributed by atoms with E-state index in [1.54, 1.807) is 6.92 Å². The monoisotopic (exact) mass is 516 g/mol. The standard InChI is InChI=1S/C22H44N8O6/c1-4-12(2)17(20(34)29-15(21(35)36)9-7-11-27-22(25)26)30-18(32)14(8-5-6-10-23)28-19(33)16(24)13(3)31/h12-17,31H,4-11,23-24H2,1-3H3,(H,28,33)(H,29,34)(H,30,32)(H,35,36)(H4,25,26,27). The molecule has 6 atom stereocenters. The number of nitrogens with zero attached hydrogens (tertiary/aromatic N) is 1. The third-order valence-corrected chi connectivity index (χ3v) is 5.76. The molecule has 6 unspecified atom stereocenters. The molecular formula is C22H44N8O6. The number of hydrogen-bond acceptors (Lipinski definition) is 8. The van der Waals surface area contributed by atoms with Crippen LogP contribution in [-0.2, 0) is 19.2 Å². The molecular weight excluding hydrogens is 472 g/mol. The topological polar surface area (TPSA) is 261 Å². The van der Waals surface area contributed by atoms with E-state index in [1.165, 1.54) is 6.92 Å². The van der Waals surface area contributed by atoms with E-state index in [2.05, 4.69) is 20.9 Å². The van der Waals surface area contributed by atoms with Crippen LogP contribution < -0.4 is 38.9 Å². The Kier molecular flexibility index (Phi) is 16.0. The number of amides is 3. The largest absolute Gasteiger partial charge is 0.480 e. The molecule has 0 heterocycles. The normalized spacial score (nSPS) is 15.9. The van der Waals surface area contributed by atoms with Gasteiger partial charge in [0.05, 0.1) is 6.10 Å². The van der Waals surface area contributed by atoms with E-state index in [9.17, 15) is 29.4 Å². The summed E-state index contributed by atoms with van der Waals surface area (Å²) in [5.74, 6) is -3.70. The van der Waals surface area contributed by atoms with E-state index < -0.39 is 54.0 Å². The molecule has 14 nitrogen and oxygen atoms in total. The van der Waals surface area contributed by atoms with Crippen LogP contribution in [0, 0.1) is 5.92 Å². The van der Waals surface area contributed by atoms with Gasteiger partial charge in [-0.1, -0.05) is 20.3 Å². The number of nitrogens with one attached hydrogen (secondary N) is 3. The van der Waals surface area contributed by atoms with Gasteiger partial charge in [0, 0.05) is 6.54 Å². The first-order valence-corrected chi connectivity index (χ1v) is 12.2. The molecule has 0 spiro atoms. The molecule has 0 aliphatic carbocycles. The van der Waals surface area contributed by atoms with E-state index in [-0.39, 0.29) is 31.3 Å². The summed E-state index contributed by atoms with van der Waals surface area (Å²) in [6, 6.07) is -4.53. The number of hydrogen-bond donors (Lipinski definition) is 9. The number of carbonyl (C=O) groups excluding carboxylic acids is 3. The Morgan fingerprint density at radius 3 is 1.97 bits per heavy atom. The SMILES string of the molecule is CCC(C)C(NC(=O)C(CCCCN)NC(=O)C(N)C(C)O)C(=O)NC(CCCN=C(N)N)C(=O)O. The summed E-state index contributed by atoms with van der Waals surface area (Å²) in [4.78, 5) is 53.9. The van der Waals surface area contributed by atoms with Crippen LogP contribution in [0.2, 0.25) is 0 Å². The summed E-state index contributed by atoms with van der Waals surface area (Å²) >= 11 is 0. The van der Waals surface area contributed by atoms with Crippen molar-refractivity contribution in [3.8, 4) is 0 Å². The predicted molar refractivity (Wildman–Crippen MR) is 135 cm³/mol. The highest BCUT2D eigenvalue weighted by Gasteiger charge is 2.32. The Hall–Kier alpha value is -2.97.